The lowest BCUT2D eigenvalue weighted by molar-refractivity contribution is -0.387. The number of amides is 1. The number of carbonyl (C=O) groups is 1. The molecule has 1 aromatic rings. The number of hydrogen-bond acceptors (Lipinski definition) is 4. The molecule has 116 valence electrons. The Hall–Kier alpha value is -2.09. The monoisotopic (exact) mass is 302 g/mol. The summed E-state index contributed by atoms with van der Waals surface area (Å²) in [7, 11) is 0. The third-order valence-electron chi connectivity index (χ3n) is 3.14. The first kappa shape index (κ1) is 17.0. The van der Waals surface area contributed by atoms with E-state index in [4.69, 9.17) is 5.11 Å². The van der Waals surface area contributed by atoms with Gasteiger partial charge in [-0.05, 0) is 18.4 Å². The van der Waals surface area contributed by atoms with Crippen molar-refractivity contribution >= 4 is 11.6 Å². The molecule has 0 fully saturated rings. The molecule has 2 N–H and O–H groups in total. The predicted octanol–water partition coefficient (Wildman–Crippen LogP) is 2.01. The van der Waals surface area contributed by atoms with E-state index in [1.165, 1.54) is 0 Å². The number of aliphatic hydroxyl groups excluding tert-OH is 1. The van der Waals surface area contributed by atoms with Gasteiger partial charge in [-0.15, -0.1) is 0 Å². The van der Waals surface area contributed by atoms with Crippen LogP contribution in [0.25, 0.3) is 0 Å². The van der Waals surface area contributed by atoms with Crippen molar-refractivity contribution in [1.29, 1.82) is 0 Å². The van der Waals surface area contributed by atoms with Gasteiger partial charge >= 0.3 is 5.69 Å². The molecule has 0 radical (unpaired) electrons. The molecule has 8 heteroatoms. The second-order valence-electron chi connectivity index (χ2n) is 4.54. The van der Waals surface area contributed by atoms with Crippen LogP contribution in [0.4, 0.5) is 14.5 Å². The number of carbonyl (C=O) groups excluding carboxylic acids is 1. The maximum absolute atomic E-state index is 13.6. The van der Waals surface area contributed by atoms with Crippen LogP contribution in [-0.2, 0) is 0 Å². The van der Waals surface area contributed by atoms with Gasteiger partial charge in [0.25, 0.3) is 5.91 Å². The standard InChI is InChI=1S/C13H16F2N2O4/c1-2-8(3-4-18)7-16-13(19)9-5-11(15)12(17(20)21)6-10(9)14/h5-6,8,18H,2-4,7H2,1H3,(H,16,19). The van der Waals surface area contributed by atoms with Gasteiger partial charge in [-0.1, -0.05) is 13.3 Å². The van der Waals surface area contributed by atoms with E-state index >= 15 is 0 Å². The van der Waals surface area contributed by atoms with Gasteiger partial charge in [0.2, 0.25) is 5.82 Å². The van der Waals surface area contributed by atoms with Crippen LogP contribution in [0.1, 0.15) is 30.1 Å². The molecule has 21 heavy (non-hydrogen) atoms. The highest BCUT2D eigenvalue weighted by Crippen LogP contribution is 2.21. The van der Waals surface area contributed by atoms with Crippen molar-refractivity contribution in [2.24, 2.45) is 5.92 Å². The second kappa shape index (κ2) is 7.63. The number of benzene rings is 1. The van der Waals surface area contributed by atoms with Crippen LogP contribution in [0.2, 0.25) is 0 Å². The maximum Gasteiger partial charge on any atom is 0.307 e. The first-order valence-electron chi connectivity index (χ1n) is 6.43. The average Bonchev–Trinajstić information content (AvgIpc) is 2.44. The smallest absolute Gasteiger partial charge is 0.307 e. The Morgan fingerprint density at radius 3 is 2.62 bits per heavy atom. The molecule has 1 rings (SSSR count). The third-order valence-corrected chi connectivity index (χ3v) is 3.14. The average molecular weight is 302 g/mol. The number of nitrogens with one attached hydrogen (secondary N) is 1. The molecule has 1 atom stereocenters. The fraction of sp³-hybridized carbons (Fsp3) is 0.462. The van der Waals surface area contributed by atoms with Gasteiger partial charge in [-0.2, -0.15) is 4.39 Å². The molecule has 1 unspecified atom stereocenters. The first-order valence-corrected chi connectivity index (χ1v) is 6.43. The highest BCUT2D eigenvalue weighted by molar-refractivity contribution is 5.94. The molecular formula is C13H16F2N2O4. The number of nitro groups is 1. The van der Waals surface area contributed by atoms with Crippen LogP contribution in [0, 0.1) is 27.7 Å². The van der Waals surface area contributed by atoms with Crippen LogP contribution >= 0.6 is 0 Å². The summed E-state index contributed by atoms with van der Waals surface area (Å²) < 4.78 is 27.0. The molecule has 0 aliphatic carbocycles. The van der Waals surface area contributed by atoms with Crippen LogP contribution in [-0.4, -0.2) is 29.1 Å². The zero-order chi connectivity index (χ0) is 16.0. The van der Waals surface area contributed by atoms with Gasteiger partial charge in [0.05, 0.1) is 16.6 Å². The van der Waals surface area contributed by atoms with E-state index in [1.54, 1.807) is 0 Å². The van der Waals surface area contributed by atoms with Gasteiger partial charge in [0.1, 0.15) is 5.82 Å². The molecule has 1 amide bonds. The molecule has 0 aromatic heterocycles. The van der Waals surface area contributed by atoms with Crippen LogP contribution in [0.5, 0.6) is 0 Å². The zero-order valence-corrected chi connectivity index (χ0v) is 11.4. The normalized spacial score (nSPS) is 12.0. The SMILES string of the molecule is CCC(CCO)CNC(=O)c1cc(F)c([N+](=O)[O-])cc1F. The third kappa shape index (κ3) is 4.45. The van der Waals surface area contributed by atoms with E-state index in [0.717, 1.165) is 0 Å². The van der Waals surface area contributed by atoms with Gasteiger partial charge in [-0.3, -0.25) is 14.9 Å². The molecule has 0 bridgehead atoms. The summed E-state index contributed by atoms with van der Waals surface area (Å²) >= 11 is 0. The molecule has 0 aliphatic heterocycles. The molecule has 0 aliphatic rings. The summed E-state index contributed by atoms with van der Waals surface area (Å²) in [5, 5.41) is 21.7. The Kier molecular flexibility index (Phi) is 6.16. The van der Waals surface area contributed by atoms with E-state index in [1.807, 2.05) is 6.92 Å². The van der Waals surface area contributed by atoms with Gasteiger partial charge in [0.15, 0.2) is 0 Å². The van der Waals surface area contributed by atoms with Crippen molar-refractivity contribution in [3.8, 4) is 0 Å². The van der Waals surface area contributed by atoms with Crippen LogP contribution in [0.15, 0.2) is 12.1 Å². The van der Waals surface area contributed by atoms with E-state index in [2.05, 4.69) is 5.32 Å². The van der Waals surface area contributed by atoms with Crippen molar-refractivity contribution < 1.29 is 23.6 Å². The Bertz CT molecular complexity index is 537. The van der Waals surface area contributed by atoms with E-state index in [9.17, 15) is 23.7 Å². The van der Waals surface area contributed by atoms with Crippen LogP contribution < -0.4 is 5.32 Å². The number of halogens is 2. The Labute approximate surface area is 119 Å². The summed E-state index contributed by atoms with van der Waals surface area (Å²) in [5.74, 6) is -3.26. The topological polar surface area (TPSA) is 92.5 Å². The largest absolute Gasteiger partial charge is 0.396 e. The number of nitro benzene ring substituents is 1. The van der Waals surface area contributed by atoms with Gasteiger partial charge in [-0.25, -0.2) is 4.39 Å². The van der Waals surface area contributed by atoms with Gasteiger partial charge < -0.3 is 10.4 Å². The summed E-state index contributed by atoms with van der Waals surface area (Å²) in [4.78, 5) is 21.2. The summed E-state index contributed by atoms with van der Waals surface area (Å²) in [6.45, 7) is 2.04. The highest BCUT2D eigenvalue weighted by atomic mass is 19.1. The lowest BCUT2D eigenvalue weighted by Crippen LogP contribution is -2.30. The fourth-order valence-corrected chi connectivity index (χ4v) is 1.82. The molecular weight excluding hydrogens is 286 g/mol. The van der Waals surface area contributed by atoms with Crippen molar-refractivity contribution in [3.63, 3.8) is 0 Å². The summed E-state index contributed by atoms with van der Waals surface area (Å²) in [6, 6.07) is 0.894. The predicted molar refractivity (Wildman–Crippen MR) is 70.8 cm³/mol. The molecule has 1 aromatic carbocycles. The van der Waals surface area contributed by atoms with Crippen LogP contribution in [0.3, 0.4) is 0 Å². The molecule has 0 saturated heterocycles. The lowest BCUT2D eigenvalue weighted by Gasteiger charge is -2.14. The highest BCUT2D eigenvalue weighted by Gasteiger charge is 2.22. The zero-order valence-electron chi connectivity index (χ0n) is 11.4. The van der Waals surface area contributed by atoms with Crippen molar-refractivity contribution in [1.82, 2.24) is 5.32 Å². The Morgan fingerprint density at radius 1 is 1.43 bits per heavy atom. The number of aliphatic hydroxyl groups is 1. The molecule has 0 saturated carbocycles. The van der Waals surface area contributed by atoms with Crippen molar-refractivity contribution in [2.75, 3.05) is 13.2 Å². The first-order chi connectivity index (χ1) is 9.90. The van der Waals surface area contributed by atoms with E-state index in [0.29, 0.717) is 25.0 Å². The van der Waals surface area contributed by atoms with Gasteiger partial charge in [0, 0.05) is 13.2 Å². The number of nitrogens with zero attached hydrogens (tertiary/aromatic N) is 1. The molecule has 6 nitrogen and oxygen atoms in total. The molecule has 0 heterocycles. The number of rotatable bonds is 7. The Morgan fingerprint density at radius 2 is 2.10 bits per heavy atom. The summed E-state index contributed by atoms with van der Waals surface area (Å²) in [6.07, 6.45) is 1.19. The molecule has 0 spiro atoms. The van der Waals surface area contributed by atoms with E-state index < -0.39 is 33.7 Å². The maximum atomic E-state index is 13.6. The lowest BCUT2D eigenvalue weighted by atomic mass is 10.0. The van der Waals surface area contributed by atoms with Crippen molar-refractivity contribution in [2.45, 2.75) is 19.8 Å². The summed E-state index contributed by atoms with van der Waals surface area (Å²) in [5.41, 5.74) is -1.60. The number of hydrogen-bond donors (Lipinski definition) is 2. The van der Waals surface area contributed by atoms with E-state index in [-0.39, 0.29) is 19.1 Å². The minimum absolute atomic E-state index is 0.0184. The van der Waals surface area contributed by atoms with Crippen molar-refractivity contribution in [3.05, 3.63) is 39.4 Å². The fourth-order valence-electron chi connectivity index (χ4n) is 1.82. The minimum atomic E-state index is -1.27. The quantitative estimate of drug-likeness (QED) is 0.595. The Balaban J connectivity index is 2.83. The second-order valence-corrected chi connectivity index (χ2v) is 4.54. The minimum Gasteiger partial charge on any atom is -0.396 e.